The van der Waals surface area contributed by atoms with Crippen LogP contribution < -0.4 is 4.74 Å². The fraction of sp³-hybridized carbons (Fsp3) is 0.600. The fourth-order valence-corrected chi connectivity index (χ4v) is 6.57. The Kier molecular flexibility index (Phi) is 9.02. The molecule has 210 valence electrons. The first-order chi connectivity index (χ1) is 17.9. The number of carbonyl (C=O) groups excluding carboxylic acids is 3. The van der Waals surface area contributed by atoms with Gasteiger partial charge in [-0.3, -0.25) is 24.2 Å². The second-order valence-electron chi connectivity index (χ2n) is 9.31. The van der Waals surface area contributed by atoms with Gasteiger partial charge in [0.05, 0.1) is 26.1 Å². The minimum atomic E-state index is -5.08. The van der Waals surface area contributed by atoms with E-state index in [2.05, 4.69) is 11.8 Å². The number of alkyl halides is 3. The highest BCUT2D eigenvalue weighted by Gasteiger charge is 2.72. The van der Waals surface area contributed by atoms with Crippen molar-refractivity contribution in [3.63, 3.8) is 0 Å². The molecule has 0 saturated carbocycles. The number of amides is 2. The van der Waals surface area contributed by atoms with E-state index in [1.807, 2.05) is 18.2 Å². The van der Waals surface area contributed by atoms with Crippen molar-refractivity contribution in [1.29, 1.82) is 0 Å². The minimum absolute atomic E-state index is 0.221. The SMILES string of the molecule is CCCSc1ccc([C@@H]2[C@@H]3C(=O)N(C)C(=O)[C@@H]3[C@]3(C(=O)OC)CCCCN23)cc1OC.O=C(O)C(F)(F)F. The normalized spacial score (nSPS) is 26.8. The predicted molar refractivity (Wildman–Crippen MR) is 131 cm³/mol. The van der Waals surface area contributed by atoms with Gasteiger partial charge in [0.2, 0.25) is 11.8 Å². The number of nitrogens with zero attached hydrogens (tertiary/aromatic N) is 2. The van der Waals surface area contributed by atoms with Gasteiger partial charge in [-0.15, -0.1) is 11.8 Å². The zero-order chi connectivity index (χ0) is 28.4. The molecule has 3 aliphatic heterocycles. The van der Waals surface area contributed by atoms with Crippen LogP contribution in [0.3, 0.4) is 0 Å². The van der Waals surface area contributed by atoms with Crippen LogP contribution in [0, 0.1) is 11.8 Å². The molecule has 0 radical (unpaired) electrons. The topological polar surface area (TPSA) is 113 Å². The van der Waals surface area contributed by atoms with E-state index in [0.717, 1.165) is 41.2 Å². The number of piperidine rings is 1. The number of likely N-dealkylation sites (tertiary alicyclic amines) is 1. The van der Waals surface area contributed by atoms with Crippen LogP contribution in [-0.2, 0) is 23.9 Å². The second-order valence-corrected chi connectivity index (χ2v) is 10.4. The molecule has 0 aromatic heterocycles. The standard InChI is InChI=1S/C23H30N2O5S.C2HF3O2/c1-5-12-31-16-9-8-14(13-15(16)29-3)19-17-18(21(27)24(2)20(17)26)23(22(28)30-4)10-6-7-11-25(19)23;3-2(4,5)1(6)7/h8-9,13,17-19H,5-7,10-12H2,1-4H3;(H,6,7)/t17-,18-,19-,23+;/m1./s1. The third-order valence-electron chi connectivity index (χ3n) is 7.25. The average molecular weight is 561 g/mol. The van der Waals surface area contributed by atoms with Crippen molar-refractivity contribution >= 4 is 35.5 Å². The quantitative estimate of drug-likeness (QED) is 0.317. The summed E-state index contributed by atoms with van der Waals surface area (Å²) >= 11 is 1.73. The van der Waals surface area contributed by atoms with Gasteiger partial charge in [-0.2, -0.15) is 13.2 Å². The maximum absolute atomic E-state index is 13.2. The first kappa shape index (κ1) is 29.8. The average Bonchev–Trinajstić information content (AvgIpc) is 3.32. The number of carboxylic acids is 1. The molecule has 0 spiro atoms. The molecule has 3 saturated heterocycles. The highest BCUT2D eigenvalue weighted by atomic mass is 32.2. The van der Waals surface area contributed by atoms with Crippen LogP contribution in [0.5, 0.6) is 5.75 Å². The van der Waals surface area contributed by atoms with Gasteiger partial charge in [-0.1, -0.05) is 13.0 Å². The van der Waals surface area contributed by atoms with E-state index in [0.29, 0.717) is 13.0 Å². The van der Waals surface area contributed by atoms with E-state index in [-0.39, 0.29) is 17.9 Å². The molecule has 0 unspecified atom stereocenters. The number of methoxy groups -OCH3 is 2. The number of rotatable bonds is 6. The van der Waals surface area contributed by atoms with Crippen LogP contribution >= 0.6 is 11.8 Å². The Hall–Kier alpha value is -2.80. The van der Waals surface area contributed by atoms with E-state index >= 15 is 0 Å². The van der Waals surface area contributed by atoms with Gasteiger partial charge < -0.3 is 14.6 Å². The van der Waals surface area contributed by atoms with Gasteiger partial charge in [-0.05, 0) is 55.7 Å². The summed E-state index contributed by atoms with van der Waals surface area (Å²) in [4.78, 5) is 52.8. The maximum atomic E-state index is 13.2. The molecule has 3 fully saturated rings. The Balaban J connectivity index is 0.000000505. The van der Waals surface area contributed by atoms with Crippen molar-refractivity contribution in [3.05, 3.63) is 23.8 Å². The number of carboxylic acid groups (broad SMARTS) is 1. The Labute approximate surface area is 222 Å². The van der Waals surface area contributed by atoms with Crippen LogP contribution in [0.25, 0.3) is 0 Å². The van der Waals surface area contributed by atoms with E-state index in [9.17, 15) is 27.6 Å². The van der Waals surface area contributed by atoms with Crippen molar-refractivity contribution in [2.24, 2.45) is 11.8 Å². The zero-order valence-electron chi connectivity index (χ0n) is 21.5. The second kappa shape index (κ2) is 11.5. The summed E-state index contributed by atoms with van der Waals surface area (Å²) in [7, 11) is 4.52. The summed E-state index contributed by atoms with van der Waals surface area (Å²) in [5, 5.41) is 7.12. The van der Waals surface area contributed by atoms with Gasteiger partial charge in [0.15, 0.2) is 0 Å². The van der Waals surface area contributed by atoms with Gasteiger partial charge in [0, 0.05) is 18.0 Å². The number of fused-ring (bicyclic) bond motifs is 3. The lowest BCUT2D eigenvalue weighted by atomic mass is 9.75. The number of thioether (sulfide) groups is 1. The van der Waals surface area contributed by atoms with Gasteiger partial charge in [-0.25, -0.2) is 4.79 Å². The molecule has 0 aliphatic carbocycles. The lowest BCUT2D eigenvalue weighted by molar-refractivity contribution is -0.192. The Morgan fingerprint density at radius 2 is 1.84 bits per heavy atom. The number of carbonyl (C=O) groups is 4. The van der Waals surface area contributed by atoms with E-state index < -0.39 is 35.5 Å². The number of hydrogen-bond donors (Lipinski definition) is 1. The molecular formula is C25H31F3N2O7S. The third kappa shape index (κ3) is 5.09. The lowest BCUT2D eigenvalue weighted by Crippen LogP contribution is -2.59. The first-order valence-corrected chi connectivity index (χ1v) is 13.1. The number of imide groups is 1. The summed E-state index contributed by atoms with van der Waals surface area (Å²) in [6.45, 7) is 2.78. The van der Waals surface area contributed by atoms with E-state index in [1.54, 1.807) is 18.9 Å². The molecule has 9 nitrogen and oxygen atoms in total. The van der Waals surface area contributed by atoms with Crippen LogP contribution in [0.15, 0.2) is 23.1 Å². The van der Waals surface area contributed by atoms with Crippen LogP contribution in [0.4, 0.5) is 13.2 Å². The zero-order valence-corrected chi connectivity index (χ0v) is 22.4. The van der Waals surface area contributed by atoms with E-state index in [1.165, 1.54) is 19.1 Å². The number of benzene rings is 1. The molecule has 4 rings (SSSR count). The van der Waals surface area contributed by atoms with Crippen molar-refractivity contribution in [2.45, 2.75) is 55.3 Å². The molecule has 4 atom stereocenters. The van der Waals surface area contributed by atoms with Crippen molar-refractivity contribution in [2.75, 3.05) is 33.6 Å². The lowest BCUT2D eigenvalue weighted by Gasteiger charge is -2.44. The van der Waals surface area contributed by atoms with Gasteiger partial charge in [0.25, 0.3) is 0 Å². The minimum Gasteiger partial charge on any atom is -0.496 e. The molecular weight excluding hydrogens is 529 g/mol. The number of esters is 1. The Morgan fingerprint density at radius 1 is 1.18 bits per heavy atom. The Bertz CT molecular complexity index is 1100. The summed E-state index contributed by atoms with van der Waals surface area (Å²) in [6, 6.07) is 5.64. The number of ether oxygens (including phenoxy) is 2. The molecule has 1 aromatic carbocycles. The molecule has 0 bridgehead atoms. The summed E-state index contributed by atoms with van der Waals surface area (Å²) in [6.07, 6.45) is -1.77. The smallest absolute Gasteiger partial charge is 0.490 e. The van der Waals surface area contributed by atoms with E-state index in [4.69, 9.17) is 19.4 Å². The van der Waals surface area contributed by atoms with Gasteiger partial charge in [0.1, 0.15) is 11.3 Å². The molecule has 38 heavy (non-hydrogen) atoms. The fourth-order valence-electron chi connectivity index (χ4n) is 5.70. The van der Waals surface area contributed by atoms with Crippen LogP contribution in [0.2, 0.25) is 0 Å². The highest BCUT2D eigenvalue weighted by molar-refractivity contribution is 7.99. The molecule has 3 aliphatic rings. The predicted octanol–water partition coefficient (Wildman–Crippen LogP) is 3.51. The highest BCUT2D eigenvalue weighted by Crippen LogP contribution is 2.58. The summed E-state index contributed by atoms with van der Waals surface area (Å²) < 4.78 is 42.6. The number of hydrogen-bond acceptors (Lipinski definition) is 8. The van der Waals surface area contributed by atoms with Crippen molar-refractivity contribution in [3.8, 4) is 5.75 Å². The number of aliphatic carboxylic acids is 1. The largest absolute Gasteiger partial charge is 0.496 e. The summed E-state index contributed by atoms with van der Waals surface area (Å²) in [5.74, 6) is -3.26. The molecule has 13 heteroatoms. The third-order valence-corrected chi connectivity index (χ3v) is 8.51. The summed E-state index contributed by atoms with van der Waals surface area (Å²) in [5.41, 5.74) is -0.195. The van der Waals surface area contributed by atoms with Crippen molar-refractivity contribution in [1.82, 2.24) is 9.80 Å². The first-order valence-electron chi connectivity index (χ1n) is 12.1. The maximum Gasteiger partial charge on any atom is 0.490 e. The van der Waals surface area contributed by atoms with Gasteiger partial charge >= 0.3 is 18.1 Å². The number of halogens is 3. The van der Waals surface area contributed by atoms with Crippen LogP contribution in [0.1, 0.15) is 44.2 Å². The monoisotopic (exact) mass is 560 g/mol. The Morgan fingerprint density at radius 3 is 2.39 bits per heavy atom. The van der Waals surface area contributed by atoms with Crippen molar-refractivity contribution < 1.29 is 46.9 Å². The molecule has 1 N–H and O–H groups in total. The van der Waals surface area contributed by atoms with Crippen LogP contribution in [-0.4, -0.2) is 83.9 Å². The molecule has 2 amide bonds. The molecule has 1 aromatic rings. The molecule has 3 heterocycles.